The van der Waals surface area contributed by atoms with Crippen molar-refractivity contribution in [1.29, 1.82) is 0 Å². The summed E-state index contributed by atoms with van der Waals surface area (Å²) in [5.74, 6) is -1.49. The van der Waals surface area contributed by atoms with Crippen LogP contribution in [-0.2, 0) is 19.1 Å². The second kappa shape index (κ2) is 4.68. The molecule has 0 aromatic rings. The van der Waals surface area contributed by atoms with Crippen LogP contribution < -0.4 is 0 Å². The lowest BCUT2D eigenvalue weighted by molar-refractivity contribution is -0.156. The van der Waals surface area contributed by atoms with E-state index >= 15 is 0 Å². The van der Waals surface area contributed by atoms with Crippen LogP contribution in [0.25, 0.3) is 0 Å². The number of aliphatic hydroxyl groups is 1. The summed E-state index contributed by atoms with van der Waals surface area (Å²) in [6.45, 7) is 0. The monoisotopic (exact) mass is 162 g/mol. The van der Waals surface area contributed by atoms with Crippen LogP contribution in [0.5, 0.6) is 0 Å². The molecule has 5 nitrogen and oxygen atoms in total. The first-order valence-corrected chi connectivity index (χ1v) is 2.94. The Morgan fingerprint density at radius 1 is 1.36 bits per heavy atom. The van der Waals surface area contributed by atoms with Crippen LogP contribution in [-0.4, -0.2) is 37.4 Å². The maximum atomic E-state index is 10.5. The summed E-state index contributed by atoms with van der Waals surface area (Å²) < 4.78 is 8.37. The highest BCUT2D eigenvalue weighted by Crippen LogP contribution is 1.95. The summed E-state index contributed by atoms with van der Waals surface area (Å²) in [6.07, 6.45) is -1.80. The van der Waals surface area contributed by atoms with Gasteiger partial charge in [0.15, 0.2) is 6.10 Å². The highest BCUT2D eigenvalue weighted by atomic mass is 16.5. The second-order valence-corrected chi connectivity index (χ2v) is 1.82. The van der Waals surface area contributed by atoms with Gasteiger partial charge in [-0.05, 0) is 0 Å². The quantitative estimate of drug-likeness (QED) is 0.543. The Labute approximate surface area is 63.9 Å². The number of carbonyl (C=O) groups is 2. The van der Waals surface area contributed by atoms with Gasteiger partial charge in [-0.1, -0.05) is 0 Å². The molecule has 0 amide bonds. The van der Waals surface area contributed by atoms with E-state index in [1.807, 2.05) is 0 Å². The Bertz CT molecular complexity index is 153. The van der Waals surface area contributed by atoms with Crippen molar-refractivity contribution in [2.75, 3.05) is 14.2 Å². The Kier molecular flexibility index (Phi) is 4.21. The average Bonchev–Trinajstić information content (AvgIpc) is 2.02. The number of esters is 2. The molecule has 0 bridgehead atoms. The maximum Gasteiger partial charge on any atom is 0.335 e. The highest BCUT2D eigenvalue weighted by Gasteiger charge is 2.19. The molecular weight excluding hydrogens is 152 g/mol. The molecule has 1 atom stereocenters. The van der Waals surface area contributed by atoms with Gasteiger partial charge >= 0.3 is 11.9 Å². The first kappa shape index (κ1) is 9.90. The van der Waals surface area contributed by atoms with E-state index in [1.54, 1.807) is 0 Å². The zero-order valence-electron chi connectivity index (χ0n) is 6.36. The number of hydrogen-bond acceptors (Lipinski definition) is 5. The third-order valence-corrected chi connectivity index (χ3v) is 1.06. The molecule has 64 valence electrons. The summed E-state index contributed by atoms with van der Waals surface area (Å²) >= 11 is 0. The van der Waals surface area contributed by atoms with Crippen molar-refractivity contribution in [1.82, 2.24) is 0 Å². The van der Waals surface area contributed by atoms with Gasteiger partial charge < -0.3 is 14.6 Å². The molecule has 0 rings (SSSR count). The van der Waals surface area contributed by atoms with E-state index in [0.717, 1.165) is 7.11 Å². The summed E-state index contributed by atoms with van der Waals surface area (Å²) in [5, 5.41) is 8.84. The molecular formula is C6H10O5. The van der Waals surface area contributed by atoms with E-state index in [1.165, 1.54) is 7.11 Å². The van der Waals surface area contributed by atoms with Gasteiger partial charge in [-0.2, -0.15) is 0 Å². The molecule has 0 radical (unpaired) electrons. The van der Waals surface area contributed by atoms with Gasteiger partial charge in [0, 0.05) is 0 Å². The van der Waals surface area contributed by atoms with E-state index in [0.29, 0.717) is 0 Å². The molecule has 11 heavy (non-hydrogen) atoms. The number of ether oxygens (including phenoxy) is 2. The zero-order chi connectivity index (χ0) is 8.85. The van der Waals surface area contributed by atoms with Crippen LogP contribution in [0.2, 0.25) is 0 Å². The molecule has 0 aromatic heterocycles. The first-order chi connectivity index (χ1) is 5.11. The highest BCUT2D eigenvalue weighted by molar-refractivity contribution is 5.81. The number of aliphatic hydroxyl groups excluding tert-OH is 1. The van der Waals surface area contributed by atoms with Gasteiger partial charge in [-0.15, -0.1) is 0 Å². The summed E-state index contributed by atoms with van der Waals surface area (Å²) in [5.41, 5.74) is 0. The largest absolute Gasteiger partial charge is 0.469 e. The minimum Gasteiger partial charge on any atom is -0.469 e. The lowest BCUT2D eigenvalue weighted by Gasteiger charge is -2.05. The molecule has 0 heterocycles. The molecule has 0 spiro atoms. The minimum atomic E-state index is -1.42. The Morgan fingerprint density at radius 2 is 1.91 bits per heavy atom. The van der Waals surface area contributed by atoms with Crippen molar-refractivity contribution in [3.63, 3.8) is 0 Å². The smallest absolute Gasteiger partial charge is 0.335 e. The third-order valence-electron chi connectivity index (χ3n) is 1.06. The van der Waals surface area contributed by atoms with Crippen LogP contribution >= 0.6 is 0 Å². The number of carbonyl (C=O) groups excluding carboxylic acids is 2. The predicted octanol–water partition coefficient (Wildman–Crippen LogP) is -0.917. The lowest BCUT2D eigenvalue weighted by atomic mass is 10.2. The maximum absolute atomic E-state index is 10.5. The average molecular weight is 162 g/mol. The van der Waals surface area contributed by atoms with Gasteiger partial charge in [0.25, 0.3) is 0 Å². The molecule has 0 fully saturated rings. The number of rotatable bonds is 3. The van der Waals surface area contributed by atoms with Gasteiger partial charge in [-0.25, -0.2) is 4.79 Å². The van der Waals surface area contributed by atoms with E-state index in [2.05, 4.69) is 9.47 Å². The van der Waals surface area contributed by atoms with Gasteiger partial charge in [0.05, 0.1) is 20.6 Å². The zero-order valence-corrected chi connectivity index (χ0v) is 6.36. The molecule has 5 heteroatoms. The Balaban J connectivity index is 3.77. The number of methoxy groups -OCH3 is 2. The summed E-state index contributed by atoms with van der Waals surface area (Å²) in [4.78, 5) is 20.9. The fraction of sp³-hybridized carbons (Fsp3) is 0.667. The molecule has 0 aliphatic rings. The molecule has 0 saturated heterocycles. The van der Waals surface area contributed by atoms with E-state index < -0.39 is 18.0 Å². The summed E-state index contributed by atoms with van der Waals surface area (Å²) in [7, 11) is 2.30. The van der Waals surface area contributed by atoms with Gasteiger partial charge in [-0.3, -0.25) is 4.79 Å². The lowest BCUT2D eigenvalue weighted by Crippen LogP contribution is -2.25. The Morgan fingerprint density at radius 3 is 2.27 bits per heavy atom. The van der Waals surface area contributed by atoms with Gasteiger partial charge in [0.2, 0.25) is 0 Å². The van der Waals surface area contributed by atoms with Crippen molar-refractivity contribution in [2.24, 2.45) is 0 Å². The van der Waals surface area contributed by atoms with Crippen LogP contribution in [0.1, 0.15) is 6.42 Å². The van der Waals surface area contributed by atoms with E-state index in [-0.39, 0.29) is 6.42 Å². The minimum absolute atomic E-state index is 0.372. The molecule has 0 aromatic carbocycles. The van der Waals surface area contributed by atoms with Crippen LogP contribution in [0, 0.1) is 0 Å². The van der Waals surface area contributed by atoms with Gasteiger partial charge in [0.1, 0.15) is 0 Å². The molecule has 0 saturated carbocycles. The fourth-order valence-electron chi connectivity index (χ4n) is 0.461. The van der Waals surface area contributed by atoms with Crippen molar-refractivity contribution >= 4 is 11.9 Å². The molecule has 0 aliphatic carbocycles. The normalized spacial score (nSPS) is 11.9. The standard InChI is InChI=1S/C6H10O5/c1-10-5(8)3-4(7)6(9)11-2/h4,7H,3H2,1-2H3/t4-/m1/s1. The summed E-state index contributed by atoms with van der Waals surface area (Å²) in [6, 6.07) is 0. The van der Waals surface area contributed by atoms with E-state index in [4.69, 9.17) is 5.11 Å². The number of hydrogen-bond donors (Lipinski definition) is 1. The van der Waals surface area contributed by atoms with Crippen molar-refractivity contribution < 1.29 is 24.2 Å². The fourth-order valence-corrected chi connectivity index (χ4v) is 0.461. The van der Waals surface area contributed by atoms with Crippen molar-refractivity contribution in [3.8, 4) is 0 Å². The topological polar surface area (TPSA) is 72.8 Å². The molecule has 1 N–H and O–H groups in total. The predicted molar refractivity (Wildman–Crippen MR) is 34.7 cm³/mol. The van der Waals surface area contributed by atoms with Crippen LogP contribution in [0.15, 0.2) is 0 Å². The van der Waals surface area contributed by atoms with Crippen molar-refractivity contribution in [2.45, 2.75) is 12.5 Å². The van der Waals surface area contributed by atoms with E-state index in [9.17, 15) is 9.59 Å². The molecule has 0 aliphatic heterocycles. The van der Waals surface area contributed by atoms with Crippen molar-refractivity contribution in [3.05, 3.63) is 0 Å². The molecule has 0 unspecified atom stereocenters. The first-order valence-electron chi connectivity index (χ1n) is 2.94. The SMILES string of the molecule is COC(=O)C[C@@H](O)C(=O)OC. The second-order valence-electron chi connectivity index (χ2n) is 1.82. The van der Waals surface area contributed by atoms with Crippen LogP contribution in [0.3, 0.4) is 0 Å². The third kappa shape index (κ3) is 3.57. The Hall–Kier alpha value is -1.10. The van der Waals surface area contributed by atoms with Crippen LogP contribution in [0.4, 0.5) is 0 Å².